The Morgan fingerprint density at radius 2 is 1.67 bits per heavy atom. The van der Waals surface area contributed by atoms with Crippen molar-refractivity contribution in [1.82, 2.24) is 4.90 Å². The number of hydrogen-bond acceptors (Lipinski definition) is 2. The van der Waals surface area contributed by atoms with Crippen LogP contribution >= 0.6 is 0 Å². The first-order chi connectivity index (χ1) is 11.7. The topological polar surface area (TPSA) is 20.3 Å². The van der Waals surface area contributed by atoms with Crippen molar-refractivity contribution in [3.05, 3.63) is 70.8 Å². The lowest BCUT2D eigenvalue weighted by Gasteiger charge is -2.28. The summed E-state index contributed by atoms with van der Waals surface area (Å²) in [5, 5.41) is 0. The maximum absolute atomic E-state index is 12.9. The highest BCUT2D eigenvalue weighted by molar-refractivity contribution is 6.10. The fourth-order valence-electron chi connectivity index (χ4n) is 3.90. The smallest absolute Gasteiger partial charge is 0.193 e. The molecular formula is C22H27NO. The minimum atomic E-state index is 0.158. The van der Waals surface area contributed by atoms with Crippen LogP contribution in [0, 0.1) is 0 Å². The molecule has 0 saturated heterocycles. The van der Waals surface area contributed by atoms with Crippen LogP contribution in [0.2, 0.25) is 0 Å². The normalized spacial score (nSPS) is 16.4. The van der Waals surface area contributed by atoms with Gasteiger partial charge in [-0.1, -0.05) is 62.4 Å². The number of hydrogen-bond donors (Lipinski definition) is 0. The van der Waals surface area contributed by atoms with Gasteiger partial charge in [0.1, 0.15) is 0 Å². The van der Waals surface area contributed by atoms with Gasteiger partial charge in [0.2, 0.25) is 0 Å². The van der Waals surface area contributed by atoms with Crippen LogP contribution in [0.3, 0.4) is 0 Å². The molecule has 1 atom stereocenters. The first-order valence-corrected chi connectivity index (χ1v) is 9.19. The molecule has 3 rings (SSSR count). The zero-order chi connectivity index (χ0) is 16.9. The van der Waals surface area contributed by atoms with E-state index in [1.165, 1.54) is 24.0 Å². The minimum Gasteiger partial charge on any atom is -0.300 e. The van der Waals surface area contributed by atoms with Crippen LogP contribution in [0.15, 0.2) is 48.5 Å². The van der Waals surface area contributed by atoms with Gasteiger partial charge in [-0.05, 0) is 49.9 Å². The summed E-state index contributed by atoms with van der Waals surface area (Å²) in [5.74, 6) is 0.158. The molecule has 0 aliphatic heterocycles. The van der Waals surface area contributed by atoms with Crippen LogP contribution in [0.1, 0.15) is 53.7 Å². The van der Waals surface area contributed by atoms with E-state index in [9.17, 15) is 4.79 Å². The van der Waals surface area contributed by atoms with Gasteiger partial charge < -0.3 is 0 Å². The van der Waals surface area contributed by atoms with E-state index in [-0.39, 0.29) is 5.78 Å². The Balaban J connectivity index is 1.86. The number of nitrogens with zero attached hydrogens (tertiary/aromatic N) is 1. The lowest BCUT2D eigenvalue weighted by Crippen LogP contribution is -2.37. The largest absolute Gasteiger partial charge is 0.300 e. The van der Waals surface area contributed by atoms with Gasteiger partial charge in [-0.25, -0.2) is 0 Å². The third kappa shape index (κ3) is 3.44. The molecule has 1 unspecified atom stereocenters. The second-order valence-corrected chi connectivity index (χ2v) is 6.74. The zero-order valence-electron chi connectivity index (χ0n) is 14.8. The molecule has 0 saturated carbocycles. The lowest BCUT2D eigenvalue weighted by molar-refractivity contribution is 0.103. The average Bonchev–Trinajstić information content (AvgIpc) is 3.06. The molecule has 0 heterocycles. The molecule has 2 nitrogen and oxygen atoms in total. The van der Waals surface area contributed by atoms with Crippen molar-refractivity contribution >= 4 is 5.78 Å². The molecule has 1 aliphatic carbocycles. The molecule has 0 fully saturated rings. The summed E-state index contributed by atoms with van der Waals surface area (Å²) < 4.78 is 0. The Bertz CT molecular complexity index is 686. The van der Waals surface area contributed by atoms with E-state index in [0.717, 1.165) is 37.1 Å². The number of carbonyl (C=O) groups is 1. The van der Waals surface area contributed by atoms with E-state index in [0.29, 0.717) is 6.04 Å². The Labute approximate surface area is 145 Å². The summed E-state index contributed by atoms with van der Waals surface area (Å²) in [6.07, 6.45) is 4.45. The summed E-state index contributed by atoms with van der Waals surface area (Å²) in [5.41, 5.74) is 4.31. The summed E-state index contributed by atoms with van der Waals surface area (Å²) in [7, 11) is 0. The van der Waals surface area contributed by atoms with E-state index in [4.69, 9.17) is 0 Å². The van der Waals surface area contributed by atoms with Crippen LogP contribution in [0.5, 0.6) is 0 Å². The molecule has 0 radical (unpaired) electrons. The van der Waals surface area contributed by atoms with Gasteiger partial charge in [-0.15, -0.1) is 0 Å². The molecule has 1 aliphatic rings. The van der Waals surface area contributed by atoms with E-state index in [1.54, 1.807) is 0 Å². The Morgan fingerprint density at radius 3 is 2.33 bits per heavy atom. The maximum Gasteiger partial charge on any atom is 0.193 e. The van der Waals surface area contributed by atoms with Gasteiger partial charge in [-0.3, -0.25) is 9.69 Å². The summed E-state index contributed by atoms with van der Waals surface area (Å²) >= 11 is 0. The van der Waals surface area contributed by atoms with Gasteiger partial charge in [0.25, 0.3) is 0 Å². The number of rotatable bonds is 7. The van der Waals surface area contributed by atoms with Crippen LogP contribution in [0.25, 0.3) is 0 Å². The van der Waals surface area contributed by atoms with E-state index >= 15 is 0 Å². The zero-order valence-corrected chi connectivity index (χ0v) is 14.8. The number of benzene rings is 2. The second kappa shape index (κ2) is 7.76. The molecule has 0 aromatic heterocycles. The quantitative estimate of drug-likeness (QED) is 0.700. The summed E-state index contributed by atoms with van der Waals surface area (Å²) in [4.78, 5) is 15.5. The first kappa shape index (κ1) is 16.9. The molecule has 0 bridgehead atoms. The molecule has 126 valence electrons. The number of fused-ring (bicyclic) bond motifs is 1. The minimum absolute atomic E-state index is 0.158. The van der Waals surface area contributed by atoms with Gasteiger partial charge in [0.15, 0.2) is 5.78 Å². The Kier molecular flexibility index (Phi) is 5.47. The third-order valence-electron chi connectivity index (χ3n) is 4.99. The highest BCUT2D eigenvalue weighted by Crippen LogP contribution is 2.30. The third-order valence-corrected chi connectivity index (χ3v) is 4.99. The number of carbonyl (C=O) groups excluding carboxylic acids is 1. The highest BCUT2D eigenvalue weighted by atomic mass is 16.1. The van der Waals surface area contributed by atoms with Crippen molar-refractivity contribution in [2.75, 3.05) is 13.1 Å². The molecule has 0 amide bonds. The maximum atomic E-state index is 12.9. The van der Waals surface area contributed by atoms with Crippen LogP contribution in [0.4, 0.5) is 0 Å². The van der Waals surface area contributed by atoms with Crippen LogP contribution in [-0.2, 0) is 12.8 Å². The van der Waals surface area contributed by atoms with E-state index in [2.05, 4.69) is 24.8 Å². The molecule has 24 heavy (non-hydrogen) atoms. The molecule has 2 aromatic carbocycles. The summed E-state index contributed by atoms with van der Waals surface area (Å²) in [6.45, 7) is 6.78. The van der Waals surface area contributed by atoms with Crippen molar-refractivity contribution in [3.63, 3.8) is 0 Å². The fraction of sp³-hybridized carbons (Fsp3) is 0.409. The SMILES string of the molecule is CCCN(CCC)C1Cc2cccc(C(=O)c3ccccc3)c2C1. The van der Waals surface area contributed by atoms with Gasteiger partial charge in [0, 0.05) is 17.2 Å². The van der Waals surface area contributed by atoms with E-state index < -0.39 is 0 Å². The van der Waals surface area contributed by atoms with Crippen molar-refractivity contribution in [1.29, 1.82) is 0 Å². The summed E-state index contributed by atoms with van der Waals surface area (Å²) in [6, 6.07) is 16.4. The van der Waals surface area contributed by atoms with Gasteiger partial charge in [-0.2, -0.15) is 0 Å². The van der Waals surface area contributed by atoms with Crippen molar-refractivity contribution < 1.29 is 4.79 Å². The predicted octanol–water partition coefficient (Wildman–Crippen LogP) is 4.51. The van der Waals surface area contributed by atoms with Crippen LogP contribution in [-0.4, -0.2) is 29.8 Å². The molecule has 2 heteroatoms. The van der Waals surface area contributed by atoms with Crippen molar-refractivity contribution in [3.8, 4) is 0 Å². The predicted molar refractivity (Wildman–Crippen MR) is 99.7 cm³/mol. The van der Waals surface area contributed by atoms with Crippen molar-refractivity contribution in [2.45, 2.75) is 45.6 Å². The lowest BCUT2D eigenvalue weighted by atomic mass is 9.96. The molecule has 0 spiro atoms. The number of ketones is 1. The van der Waals surface area contributed by atoms with Crippen molar-refractivity contribution in [2.24, 2.45) is 0 Å². The molecular weight excluding hydrogens is 294 g/mol. The van der Waals surface area contributed by atoms with Gasteiger partial charge >= 0.3 is 0 Å². The monoisotopic (exact) mass is 321 g/mol. The fourth-order valence-corrected chi connectivity index (χ4v) is 3.90. The first-order valence-electron chi connectivity index (χ1n) is 9.19. The molecule has 2 aromatic rings. The van der Waals surface area contributed by atoms with Crippen LogP contribution < -0.4 is 0 Å². The second-order valence-electron chi connectivity index (χ2n) is 6.74. The molecule has 0 N–H and O–H groups in total. The standard InChI is InChI=1S/C22H27NO/c1-3-13-23(14-4-2)19-15-18-11-8-12-20(21(18)16-19)22(24)17-9-6-5-7-10-17/h5-12,19H,3-4,13-16H2,1-2H3. The Hall–Kier alpha value is -1.93. The average molecular weight is 321 g/mol. The Morgan fingerprint density at radius 1 is 0.958 bits per heavy atom. The van der Waals surface area contributed by atoms with E-state index in [1.807, 2.05) is 42.5 Å². The van der Waals surface area contributed by atoms with Gasteiger partial charge in [0.05, 0.1) is 0 Å². The highest BCUT2D eigenvalue weighted by Gasteiger charge is 2.29.